The first kappa shape index (κ1) is 22.2. The first-order valence-corrected chi connectivity index (χ1v) is 11.0. The maximum absolute atomic E-state index is 13.5. The van der Waals surface area contributed by atoms with E-state index in [1.807, 2.05) is 26.0 Å². The van der Waals surface area contributed by atoms with Gasteiger partial charge in [-0.2, -0.15) is 0 Å². The third-order valence-corrected chi connectivity index (χ3v) is 5.99. The highest BCUT2D eigenvalue weighted by Crippen LogP contribution is 2.35. The molecule has 0 saturated heterocycles. The number of pyridine rings is 1. The van der Waals surface area contributed by atoms with Crippen LogP contribution in [0.5, 0.6) is 0 Å². The van der Waals surface area contributed by atoms with Crippen molar-refractivity contribution in [3.8, 4) is 0 Å². The van der Waals surface area contributed by atoms with Crippen molar-refractivity contribution in [3.63, 3.8) is 0 Å². The lowest BCUT2D eigenvalue weighted by molar-refractivity contribution is -0.116. The predicted octanol–water partition coefficient (Wildman–Crippen LogP) is 4.22. The number of hydrogen-bond acceptors (Lipinski definition) is 5. The average Bonchev–Trinajstić information content (AvgIpc) is 2.81. The van der Waals surface area contributed by atoms with Crippen LogP contribution in [-0.4, -0.2) is 34.8 Å². The molecule has 1 amide bonds. The minimum absolute atomic E-state index is 0.0302. The van der Waals surface area contributed by atoms with Crippen LogP contribution in [0.3, 0.4) is 0 Å². The van der Waals surface area contributed by atoms with Crippen molar-refractivity contribution in [2.24, 2.45) is 10.9 Å². The molecule has 0 aromatic carbocycles. The molecule has 32 heavy (non-hydrogen) atoms. The molecule has 8 heteroatoms. The zero-order valence-corrected chi connectivity index (χ0v) is 18.3. The van der Waals surface area contributed by atoms with Gasteiger partial charge in [-0.1, -0.05) is 19.9 Å². The van der Waals surface area contributed by atoms with Gasteiger partial charge in [-0.15, -0.1) is 0 Å². The normalized spacial score (nSPS) is 24.9. The van der Waals surface area contributed by atoms with E-state index in [1.165, 1.54) is 6.08 Å². The van der Waals surface area contributed by atoms with E-state index in [0.29, 0.717) is 29.2 Å². The van der Waals surface area contributed by atoms with Gasteiger partial charge in [0.25, 0.3) is 11.8 Å². The Hall–Kier alpha value is -3.03. The fourth-order valence-corrected chi connectivity index (χ4v) is 4.07. The third-order valence-electron chi connectivity index (χ3n) is 5.99. The molecule has 1 aliphatic carbocycles. The number of rotatable bonds is 5. The second-order valence-corrected chi connectivity index (χ2v) is 8.63. The number of aromatic nitrogens is 1. The number of nitrogens with zero attached hydrogens (tertiary/aromatic N) is 2. The molecule has 1 atom stereocenters. The number of ether oxygens (including phenoxy) is 1. The molecular weight excluding hydrogens is 414 g/mol. The van der Waals surface area contributed by atoms with Gasteiger partial charge < -0.3 is 15.4 Å². The van der Waals surface area contributed by atoms with E-state index < -0.39 is 17.5 Å². The van der Waals surface area contributed by atoms with Crippen molar-refractivity contribution in [2.45, 2.75) is 57.5 Å². The quantitative estimate of drug-likeness (QED) is 0.716. The minimum atomic E-state index is -2.72. The number of alkyl halides is 2. The van der Waals surface area contributed by atoms with Crippen molar-refractivity contribution in [1.29, 1.82) is 0 Å². The van der Waals surface area contributed by atoms with E-state index in [9.17, 15) is 13.6 Å². The van der Waals surface area contributed by atoms with Crippen LogP contribution in [0.2, 0.25) is 0 Å². The summed E-state index contributed by atoms with van der Waals surface area (Å²) in [5, 5.41) is 6.11. The number of carbonyl (C=O) groups excluding carboxylic acids is 1. The molecule has 4 rings (SSSR count). The molecule has 0 spiro atoms. The molecule has 1 unspecified atom stereocenters. The number of hydrogen-bond donors (Lipinski definition) is 2. The second-order valence-electron chi connectivity index (χ2n) is 8.63. The summed E-state index contributed by atoms with van der Waals surface area (Å²) in [6.07, 6.45) is 9.75. The minimum Gasteiger partial charge on any atom is -0.494 e. The lowest BCUT2D eigenvalue weighted by Crippen LogP contribution is -2.52. The standard InChI is InChI=1S/C24H28F2N4O2/c1-16(2)24(20-7-3-4-13-32-20)28-15-19(21(30-24)17-6-5-12-27-14-17)22(31)29-18-8-10-23(25,26)11-9-18/h5-8,12,14-16,28H,3-4,9-11,13H2,1-2H3,(H,29,31). The number of aliphatic imine (C=N–C) groups is 1. The van der Waals surface area contributed by atoms with Gasteiger partial charge in [0.1, 0.15) is 5.76 Å². The summed E-state index contributed by atoms with van der Waals surface area (Å²) >= 11 is 0. The first-order valence-electron chi connectivity index (χ1n) is 11.0. The molecule has 2 N–H and O–H groups in total. The van der Waals surface area contributed by atoms with Crippen LogP contribution in [0.4, 0.5) is 8.78 Å². The SMILES string of the molecule is CC(C)C1(C2=CCCCO2)N=C(c2cccnc2)C(C(=O)NC2=CCC(F)(F)CC2)=CN1. The fourth-order valence-electron chi connectivity index (χ4n) is 4.07. The molecule has 0 bridgehead atoms. The summed E-state index contributed by atoms with van der Waals surface area (Å²) in [7, 11) is 0. The van der Waals surface area contributed by atoms with Crippen LogP contribution in [0, 0.1) is 5.92 Å². The van der Waals surface area contributed by atoms with Crippen LogP contribution >= 0.6 is 0 Å². The Morgan fingerprint density at radius 3 is 2.78 bits per heavy atom. The Morgan fingerprint density at radius 1 is 1.31 bits per heavy atom. The summed E-state index contributed by atoms with van der Waals surface area (Å²) in [5.74, 6) is -2.34. The number of nitrogens with one attached hydrogen (secondary N) is 2. The largest absolute Gasteiger partial charge is 0.494 e. The summed E-state index contributed by atoms with van der Waals surface area (Å²) in [5.41, 5.74) is 1.16. The number of amides is 1. The maximum Gasteiger partial charge on any atom is 0.259 e. The van der Waals surface area contributed by atoms with E-state index in [4.69, 9.17) is 9.73 Å². The second kappa shape index (κ2) is 8.84. The van der Waals surface area contributed by atoms with Gasteiger partial charge in [0, 0.05) is 48.6 Å². The Bertz CT molecular complexity index is 999. The predicted molar refractivity (Wildman–Crippen MR) is 118 cm³/mol. The molecule has 0 fully saturated rings. The maximum atomic E-state index is 13.5. The first-order chi connectivity index (χ1) is 15.3. The molecule has 1 aromatic heterocycles. The highest BCUT2D eigenvalue weighted by Gasteiger charge is 2.43. The summed E-state index contributed by atoms with van der Waals surface area (Å²) < 4.78 is 32.9. The van der Waals surface area contributed by atoms with Crippen molar-refractivity contribution in [3.05, 3.63) is 65.5 Å². The summed E-state index contributed by atoms with van der Waals surface area (Å²) in [6.45, 7) is 4.71. The molecule has 170 valence electrons. The van der Waals surface area contributed by atoms with E-state index in [0.717, 1.165) is 18.6 Å². The Kier molecular flexibility index (Phi) is 6.13. The lowest BCUT2D eigenvalue weighted by Gasteiger charge is -2.40. The van der Waals surface area contributed by atoms with E-state index in [2.05, 4.69) is 15.6 Å². The van der Waals surface area contributed by atoms with Gasteiger partial charge in [-0.3, -0.25) is 9.78 Å². The van der Waals surface area contributed by atoms with E-state index in [1.54, 1.807) is 24.7 Å². The molecule has 6 nitrogen and oxygen atoms in total. The molecule has 0 saturated carbocycles. The molecule has 1 aromatic rings. The van der Waals surface area contributed by atoms with Gasteiger partial charge in [0.15, 0.2) is 5.66 Å². The number of allylic oxidation sites excluding steroid dienone is 3. The van der Waals surface area contributed by atoms with Gasteiger partial charge in [0.05, 0.1) is 17.9 Å². The molecule has 3 aliphatic rings. The van der Waals surface area contributed by atoms with Crippen molar-refractivity contribution >= 4 is 11.6 Å². The van der Waals surface area contributed by atoms with Gasteiger partial charge in [-0.25, -0.2) is 13.8 Å². The monoisotopic (exact) mass is 442 g/mol. The van der Waals surface area contributed by atoms with Crippen LogP contribution < -0.4 is 10.6 Å². The van der Waals surface area contributed by atoms with Crippen LogP contribution in [0.15, 0.2) is 64.9 Å². The van der Waals surface area contributed by atoms with Crippen molar-refractivity contribution in [1.82, 2.24) is 15.6 Å². The number of carbonyl (C=O) groups is 1. The van der Waals surface area contributed by atoms with E-state index >= 15 is 0 Å². The van der Waals surface area contributed by atoms with Gasteiger partial charge >= 0.3 is 0 Å². The summed E-state index contributed by atoms with van der Waals surface area (Å²) in [4.78, 5) is 22.4. The zero-order valence-electron chi connectivity index (χ0n) is 18.3. The third kappa shape index (κ3) is 4.45. The number of halogens is 2. The van der Waals surface area contributed by atoms with Gasteiger partial charge in [0.2, 0.25) is 0 Å². The average molecular weight is 443 g/mol. The molecule has 2 aliphatic heterocycles. The van der Waals surface area contributed by atoms with Crippen LogP contribution in [0.1, 0.15) is 51.5 Å². The summed E-state index contributed by atoms with van der Waals surface area (Å²) in [6, 6.07) is 3.63. The Labute approximate surface area is 186 Å². The zero-order chi connectivity index (χ0) is 22.8. The van der Waals surface area contributed by atoms with Crippen LogP contribution in [0.25, 0.3) is 0 Å². The molecule has 0 radical (unpaired) electrons. The van der Waals surface area contributed by atoms with Gasteiger partial charge in [-0.05, 0) is 37.5 Å². The fraction of sp³-hybridized carbons (Fsp3) is 0.458. The van der Waals surface area contributed by atoms with Crippen molar-refractivity contribution < 1.29 is 18.3 Å². The Balaban J connectivity index is 1.69. The topological polar surface area (TPSA) is 75.6 Å². The molecular formula is C24H28F2N4O2. The Morgan fingerprint density at radius 2 is 2.16 bits per heavy atom. The van der Waals surface area contributed by atoms with Crippen LogP contribution in [-0.2, 0) is 9.53 Å². The molecule has 3 heterocycles. The van der Waals surface area contributed by atoms with E-state index in [-0.39, 0.29) is 25.2 Å². The van der Waals surface area contributed by atoms with Crippen molar-refractivity contribution in [2.75, 3.05) is 6.61 Å². The smallest absolute Gasteiger partial charge is 0.259 e. The highest BCUT2D eigenvalue weighted by atomic mass is 19.3. The lowest BCUT2D eigenvalue weighted by atomic mass is 9.89. The highest BCUT2D eigenvalue weighted by molar-refractivity contribution is 6.28.